The van der Waals surface area contributed by atoms with Gasteiger partial charge in [0.15, 0.2) is 0 Å². The highest BCUT2D eigenvalue weighted by molar-refractivity contribution is 6.62. The molecule has 0 aliphatic carbocycles. The van der Waals surface area contributed by atoms with Crippen LogP contribution in [0.25, 0.3) is 0 Å². The first-order valence-electron chi connectivity index (χ1n) is 9.06. The fourth-order valence-corrected chi connectivity index (χ4v) is 1.70. The van der Waals surface area contributed by atoms with E-state index in [9.17, 15) is 9.18 Å². The highest BCUT2D eigenvalue weighted by atomic mass is 19.1. The Morgan fingerprint density at radius 3 is 2.50 bits per heavy atom. The normalized spacial score (nSPS) is 24.9. The van der Waals surface area contributed by atoms with Crippen LogP contribution in [0.3, 0.4) is 0 Å². The number of nitrogens with one attached hydrogen (secondary N) is 1. The molecule has 1 heterocycles. The van der Waals surface area contributed by atoms with Crippen LogP contribution in [0.15, 0.2) is 18.1 Å². The van der Waals surface area contributed by atoms with Crippen molar-refractivity contribution in [3.05, 3.63) is 23.9 Å². The number of carbonyl (C=O) groups is 1. The molecule has 20 heavy (non-hydrogen) atoms. The summed E-state index contributed by atoms with van der Waals surface area (Å²) in [4.78, 5) is 11.7. The molecule has 1 aliphatic heterocycles. The largest absolute Gasteiger partial charge is 0.497 e. The standard InChI is InChI=1S/C14H19BFNO3/c1-9(18)17-10-6-7-12(16)11(8-10)15-19-13(2,3)14(4,5)20-15/h6-8H,1-5H3,(H,17,18)/i1D3,6D,7D,8D. The molecule has 108 valence electrons. The van der Waals surface area contributed by atoms with Gasteiger partial charge in [0.2, 0.25) is 5.91 Å². The highest BCUT2D eigenvalue weighted by Gasteiger charge is 2.52. The van der Waals surface area contributed by atoms with Crippen molar-refractivity contribution in [2.75, 3.05) is 5.32 Å². The van der Waals surface area contributed by atoms with E-state index in [0.29, 0.717) is 0 Å². The van der Waals surface area contributed by atoms with Gasteiger partial charge in [-0.2, -0.15) is 0 Å². The van der Waals surface area contributed by atoms with E-state index in [-0.39, 0.29) is 0 Å². The average Bonchev–Trinajstić information content (AvgIpc) is 2.68. The van der Waals surface area contributed by atoms with Crippen LogP contribution >= 0.6 is 0 Å². The second-order valence-corrected chi connectivity index (χ2v) is 5.52. The molecular weight excluding hydrogens is 260 g/mol. The van der Waals surface area contributed by atoms with Crippen LogP contribution in [0.2, 0.25) is 0 Å². The molecule has 0 aromatic heterocycles. The molecule has 0 unspecified atom stereocenters. The number of hydrogen-bond donors (Lipinski definition) is 1. The smallest absolute Gasteiger partial charge is 0.399 e. The number of benzene rings is 1. The van der Waals surface area contributed by atoms with Crippen LogP contribution in [0.1, 0.15) is 42.8 Å². The number of anilines is 1. The Bertz CT molecular complexity index is 752. The van der Waals surface area contributed by atoms with Gasteiger partial charge in [0.05, 0.1) is 15.3 Å². The van der Waals surface area contributed by atoms with Crippen molar-refractivity contribution in [3.63, 3.8) is 0 Å². The van der Waals surface area contributed by atoms with Crippen molar-refractivity contribution in [2.24, 2.45) is 0 Å². The Morgan fingerprint density at radius 2 is 1.95 bits per heavy atom. The van der Waals surface area contributed by atoms with E-state index in [0.717, 1.165) is 0 Å². The number of amides is 1. The summed E-state index contributed by atoms with van der Waals surface area (Å²) in [6.45, 7) is 3.83. The SMILES string of the molecule is [2H]c1c([2H])c(NC(=O)C([2H])([2H])[2H])c([2H])c(B2OC(C)(C)C(C)(C)O2)c1F. The van der Waals surface area contributed by atoms with Crippen molar-refractivity contribution in [3.8, 4) is 0 Å². The maximum absolute atomic E-state index is 14.6. The van der Waals surface area contributed by atoms with E-state index in [1.165, 1.54) is 0 Å². The van der Waals surface area contributed by atoms with Crippen molar-refractivity contribution in [1.29, 1.82) is 0 Å². The Labute approximate surface area is 127 Å². The Morgan fingerprint density at radius 1 is 1.35 bits per heavy atom. The zero-order chi connectivity index (χ0) is 20.2. The fourth-order valence-electron chi connectivity index (χ4n) is 1.70. The van der Waals surface area contributed by atoms with E-state index >= 15 is 0 Å². The first kappa shape index (κ1) is 8.80. The second-order valence-electron chi connectivity index (χ2n) is 5.52. The topological polar surface area (TPSA) is 47.6 Å². The fraction of sp³-hybridized carbons (Fsp3) is 0.500. The summed E-state index contributed by atoms with van der Waals surface area (Å²) in [5.74, 6) is -2.63. The summed E-state index contributed by atoms with van der Waals surface area (Å²) in [6.07, 6.45) is 0. The predicted octanol–water partition coefficient (Wildman–Crippen LogP) is 2.08. The monoisotopic (exact) mass is 285 g/mol. The lowest BCUT2D eigenvalue weighted by Crippen LogP contribution is -2.41. The van der Waals surface area contributed by atoms with Gasteiger partial charge >= 0.3 is 7.12 Å². The van der Waals surface area contributed by atoms with E-state index in [2.05, 4.69) is 0 Å². The van der Waals surface area contributed by atoms with Gasteiger partial charge in [-0.05, 0) is 45.8 Å². The molecule has 6 heteroatoms. The van der Waals surface area contributed by atoms with E-state index in [1.54, 1.807) is 27.7 Å². The molecule has 0 atom stereocenters. The van der Waals surface area contributed by atoms with Gasteiger partial charge in [-0.3, -0.25) is 4.79 Å². The first-order chi connectivity index (χ1) is 11.6. The summed E-state index contributed by atoms with van der Waals surface area (Å²) >= 11 is 0. The Hall–Kier alpha value is -1.40. The van der Waals surface area contributed by atoms with Gasteiger partial charge in [-0.15, -0.1) is 0 Å². The minimum Gasteiger partial charge on any atom is -0.399 e. The second kappa shape index (κ2) is 4.86. The predicted molar refractivity (Wildman–Crippen MR) is 76.4 cm³/mol. The third-order valence-corrected chi connectivity index (χ3v) is 3.52. The van der Waals surface area contributed by atoms with E-state index in [4.69, 9.17) is 17.5 Å². The van der Waals surface area contributed by atoms with Crippen LogP contribution in [0, 0.1) is 5.82 Å². The minimum atomic E-state index is -3.03. The van der Waals surface area contributed by atoms with Crippen molar-refractivity contribution < 1.29 is 26.7 Å². The number of hydrogen-bond acceptors (Lipinski definition) is 3. The molecule has 1 fully saturated rings. The van der Waals surface area contributed by atoms with Crippen LogP contribution in [0.4, 0.5) is 10.1 Å². The Balaban J connectivity index is 2.57. The molecular formula is C14H19BFNO3. The third-order valence-electron chi connectivity index (χ3n) is 3.52. The van der Waals surface area contributed by atoms with Gasteiger partial charge in [0.25, 0.3) is 0 Å². The molecule has 1 aromatic carbocycles. The van der Waals surface area contributed by atoms with E-state index < -0.39 is 66.2 Å². The Kier molecular flexibility index (Phi) is 2.14. The number of carbonyl (C=O) groups excluding carboxylic acids is 1. The molecule has 2 rings (SSSR count). The zero-order valence-electron chi connectivity index (χ0n) is 17.7. The summed E-state index contributed by atoms with van der Waals surface area (Å²) in [6, 6.07) is -2.36. The third kappa shape index (κ3) is 2.71. The summed E-state index contributed by atoms with van der Waals surface area (Å²) < 4.78 is 70.9. The molecule has 1 aliphatic rings. The number of rotatable bonds is 2. The summed E-state index contributed by atoms with van der Waals surface area (Å²) in [5, 5.41) is 1.92. The van der Waals surface area contributed by atoms with Gasteiger partial charge in [-0.25, -0.2) is 4.39 Å². The summed E-state index contributed by atoms with van der Waals surface area (Å²) in [7, 11) is -1.35. The molecule has 1 aromatic rings. The van der Waals surface area contributed by atoms with Crippen LogP contribution < -0.4 is 10.8 Å². The molecule has 0 spiro atoms. The van der Waals surface area contributed by atoms with Crippen LogP contribution in [0.5, 0.6) is 0 Å². The van der Waals surface area contributed by atoms with Gasteiger partial charge in [0, 0.05) is 22.1 Å². The van der Waals surface area contributed by atoms with E-state index in [1.807, 2.05) is 5.32 Å². The van der Waals surface area contributed by atoms with Gasteiger partial charge < -0.3 is 14.6 Å². The maximum Gasteiger partial charge on any atom is 0.497 e. The molecule has 0 bridgehead atoms. The first-order valence-corrected chi connectivity index (χ1v) is 6.06. The molecule has 1 amide bonds. The lowest BCUT2D eigenvalue weighted by Gasteiger charge is -2.32. The zero-order valence-corrected chi connectivity index (χ0v) is 11.7. The van der Waals surface area contributed by atoms with Gasteiger partial charge in [0.1, 0.15) is 5.82 Å². The molecule has 4 nitrogen and oxygen atoms in total. The van der Waals surface area contributed by atoms with Crippen LogP contribution in [-0.2, 0) is 14.1 Å². The van der Waals surface area contributed by atoms with Gasteiger partial charge in [-0.1, -0.05) is 0 Å². The lowest BCUT2D eigenvalue weighted by molar-refractivity contribution is -0.114. The maximum atomic E-state index is 14.6. The number of halogens is 1. The minimum absolute atomic E-state index is 0.467. The average molecular weight is 285 g/mol. The molecule has 0 radical (unpaired) electrons. The quantitative estimate of drug-likeness (QED) is 0.846. The molecule has 0 saturated carbocycles. The summed E-state index contributed by atoms with van der Waals surface area (Å²) in [5.41, 5.74) is -2.74. The van der Waals surface area contributed by atoms with Crippen LogP contribution in [-0.4, -0.2) is 24.2 Å². The highest BCUT2D eigenvalue weighted by Crippen LogP contribution is 2.36. The van der Waals surface area contributed by atoms with Crippen molar-refractivity contribution in [2.45, 2.75) is 45.7 Å². The van der Waals surface area contributed by atoms with Crippen molar-refractivity contribution >= 4 is 24.2 Å². The molecule has 1 N–H and O–H groups in total. The lowest BCUT2D eigenvalue weighted by atomic mass is 9.78. The molecule has 1 saturated heterocycles. The van der Waals surface area contributed by atoms with Crippen molar-refractivity contribution in [1.82, 2.24) is 0 Å².